The molecule has 0 saturated heterocycles. The highest BCUT2D eigenvalue weighted by Crippen LogP contribution is 2.18. The van der Waals surface area contributed by atoms with Gasteiger partial charge in [0, 0.05) is 5.69 Å². The summed E-state index contributed by atoms with van der Waals surface area (Å²) in [5, 5.41) is 2.18. The molecule has 1 aromatic carbocycles. The first kappa shape index (κ1) is 15.1. The van der Waals surface area contributed by atoms with Gasteiger partial charge in [0.05, 0.1) is 6.10 Å². The zero-order chi connectivity index (χ0) is 14.5. The van der Waals surface area contributed by atoms with Gasteiger partial charge in [-0.15, -0.1) is 0 Å². The van der Waals surface area contributed by atoms with Gasteiger partial charge in [0.25, 0.3) is 0 Å². The Morgan fingerprint density at radius 2 is 1.84 bits per heavy atom. The summed E-state index contributed by atoms with van der Waals surface area (Å²) in [6.07, 6.45) is -5.68. The molecule has 4 nitrogen and oxygen atoms in total. The highest BCUT2D eigenvalue weighted by Gasteiger charge is 2.29. The summed E-state index contributed by atoms with van der Waals surface area (Å²) in [5.74, 6) is 0.601. The monoisotopic (exact) mass is 277 g/mol. The highest BCUT2D eigenvalue weighted by molar-refractivity contribution is 5.84. The molecule has 1 aromatic rings. The van der Waals surface area contributed by atoms with Gasteiger partial charge in [-0.25, -0.2) is 4.79 Å². The van der Waals surface area contributed by atoms with Crippen molar-refractivity contribution in [2.24, 2.45) is 0 Å². The lowest BCUT2D eigenvalue weighted by molar-refractivity contribution is -0.159. The number of rotatable bonds is 4. The molecule has 106 valence electrons. The second-order valence-electron chi connectivity index (χ2n) is 4.01. The van der Waals surface area contributed by atoms with Crippen LogP contribution in [0.25, 0.3) is 0 Å². The van der Waals surface area contributed by atoms with Crippen LogP contribution in [-0.4, -0.2) is 25.0 Å². The molecule has 19 heavy (non-hydrogen) atoms. The first-order valence-electron chi connectivity index (χ1n) is 5.53. The third-order valence-corrected chi connectivity index (χ3v) is 1.84. The maximum Gasteiger partial charge on any atom is 0.422 e. The van der Waals surface area contributed by atoms with Gasteiger partial charge < -0.3 is 9.47 Å². The van der Waals surface area contributed by atoms with Gasteiger partial charge >= 0.3 is 12.3 Å². The number of hydrogen-bond donors (Lipinski definition) is 1. The Morgan fingerprint density at radius 1 is 1.26 bits per heavy atom. The quantitative estimate of drug-likeness (QED) is 0.915. The lowest BCUT2D eigenvalue weighted by Gasteiger charge is -2.11. The van der Waals surface area contributed by atoms with Crippen LogP contribution < -0.4 is 10.1 Å². The average molecular weight is 277 g/mol. The molecule has 1 rings (SSSR count). The van der Waals surface area contributed by atoms with Gasteiger partial charge in [0.15, 0.2) is 6.61 Å². The molecular formula is C12H14F3NO3. The minimum absolute atomic E-state index is 0.00978. The topological polar surface area (TPSA) is 47.6 Å². The Bertz CT molecular complexity index is 415. The Morgan fingerprint density at radius 3 is 2.32 bits per heavy atom. The minimum Gasteiger partial charge on any atom is -0.491 e. The molecule has 0 aliphatic carbocycles. The van der Waals surface area contributed by atoms with E-state index in [-0.39, 0.29) is 6.10 Å². The number of anilines is 1. The van der Waals surface area contributed by atoms with Crippen LogP contribution in [0.15, 0.2) is 24.3 Å². The fourth-order valence-corrected chi connectivity index (χ4v) is 1.19. The van der Waals surface area contributed by atoms with E-state index in [4.69, 9.17) is 4.74 Å². The van der Waals surface area contributed by atoms with Crippen LogP contribution in [-0.2, 0) is 4.74 Å². The molecule has 1 amide bonds. The summed E-state index contributed by atoms with van der Waals surface area (Å²) in [6, 6.07) is 6.21. The van der Waals surface area contributed by atoms with Crippen molar-refractivity contribution in [2.75, 3.05) is 11.9 Å². The molecule has 0 spiro atoms. The SMILES string of the molecule is CC(C)Oc1ccc(NC(=O)OCC(F)(F)F)cc1. The van der Waals surface area contributed by atoms with E-state index >= 15 is 0 Å². The number of benzene rings is 1. The van der Waals surface area contributed by atoms with Gasteiger partial charge in [-0.3, -0.25) is 5.32 Å². The van der Waals surface area contributed by atoms with E-state index in [2.05, 4.69) is 10.1 Å². The highest BCUT2D eigenvalue weighted by atomic mass is 19.4. The van der Waals surface area contributed by atoms with E-state index in [0.29, 0.717) is 11.4 Å². The molecule has 0 aliphatic heterocycles. The minimum atomic E-state index is -4.54. The molecule has 1 N–H and O–H groups in total. The van der Waals surface area contributed by atoms with Gasteiger partial charge in [-0.05, 0) is 38.1 Å². The summed E-state index contributed by atoms with van der Waals surface area (Å²) >= 11 is 0. The Kier molecular flexibility index (Phi) is 5.02. The average Bonchev–Trinajstić information content (AvgIpc) is 2.28. The molecule has 7 heteroatoms. The summed E-state index contributed by atoms with van der Waals surface area (Å²) in [6.45, 7) is 2.11. The predicted octanol–water partition coefficient (Wildman–Crippen LogP) is 3.58. The zero-order valence-corrected chi connectivity index (χ0v) is 10.5. The molecule has 0 saturated carbocycles. The lowest BCUT2D eigenvalue weighted by Crippen LogP contribution is -2.23. The first-order valence-corrected chi connectivity index (χ1v) is 5.53. The van der Waals surface area contributed by atoms with E-state index in [1.54, 1.807) is 12.1 Å². The third kappa shape index (κ3) is 6.54. The maximum absolute atomic E-state index is 11.8. The third-order valence-electron chi connectivity index (χ3n) is 1.84. The van der Waals surface area contributed by atoms with Crippen LogP contribution in [0.5, 0.6) is 5.75 Å². The molecule has 0 aliphatic rings. The predicted molar refractivity (Wildman–Crippen MR) is 63.2 cm³/mol. The number of hydrogen-bond acceptors (Lipinski definition) is 3. The van der Waals surface area contributed by atoms with Crippen molar-refractivity contribution in [1.29, 1.82) is 0 Å². The van der Waals surface area contributed by atoms with Gasteiger partial charge in [-0.2, -0.15) is 13.2 Å². The normalized spacial score (nSPS) is 11.3. The summed E-state index contributed by atoms with van der Waals surface area (Å²) < 4.78 is 44.8. The van der Waals surface area contributed by atoms with Crippen LogP contribution in [0, 0.1) is 0 Å². The van der Waals surface area contributed by atoms with Crippen molar-refractivity contribution in [3.8, 4) is 5.75 Å². The molecule has 0 heterocycles. The van der Waals surface area contributed by atoms with E-state index in [9.17, 15) is 18.0 Å². The Balaban J connectivity index is 2.47. The largest absolute Gasteiger partial charge is 0.491 e. The zero-order valence-electron chi connectivity index (χ0n) is 10.5. The van der Waals surface area contributed by atoms with Crippen molar-refractivity contribution in [3.63, 3.8) is 0 Å². The smallest absolute Gasteiger partial charge is 0.422 e. The van der Waals surface area contributed by atoms with Gasteiger partial charge in [-0.1, -0.05) is 0 Å². The molecule has 0 unspecified atom stereocenters. The number of carbonyl (C=O) groups excluding carboxylic acids is 1. The lowest BCUT2D eigenvalue weighted by atomic mass is 10.3. The Hall–Kier alpha value is -1.92. The van der Waals surface area contributed by atoms with Crippen LogP contribution >= 0.6 is 0 Å². The number of carbonyl (C=O) groups is 1. The van der Waals surface area contributed by atoms with Crippen molar-refractivity contribution in [3.05, 3.63) is 24.3 Å². The number of alkyl halides is 3. The maximum atomic E-state index is 11.8. The van der Waals surface area contributed by atoms with Crippen molar-refractivity contribution in [1.82, 2.24) is 0 Å². The molecular weight excluding hydrogens is 263 g/mol. The van der Waals surface area contributed by atoms with Crippen molar-refractivity contribution < 1.29 is 27.4 Å². The van der Waals surface area contributed by atoms with E-state index in [0.717, 1.165) is 0 Å². The van der Waals surface area contributed by atoms with Crippen molar-refractivity contribution >= 4 is 11.8 Å². The first-order chi connectivity index (χ1) is 8.76. The van der Waals surface area contributed by atoms with E-state index in [1.165, 1.54) is 12.1 Å². The number of nitrogens with one attached hydrogen (secondary N) is 1. The molecule has 0 radical (unpaired) electrons. The number of halogens is 3. The summed E-state index contributed by atoms with van der Waals surface area (Å²) in [4.78, 5) is 11.1. The van der Waals surface area contributed by atoms with E-state index < -0.39 is 18.9 Å². The summed E-state index contributed by atoms with van der Waals surface area (Å²) in [5.41, 5.74) is 0.322. The summed E-state index contributed by atoms with van der Waals surface area (Å²) in [7, 11) is 0. The van der Waals surface area contributed by atoms with Crippen LogP contribution in [0.1, 0.15) is 13.8 Å². The molecule has 0 atom stereocenters. The Labute approximate surface area is 108 Å². The molecule has 0 fully saturated rings. The van der Waals surface area contributed by atoms with E-state index in [1.807, 2.05) is 13.8 Å². The van der Waals surface area contributed by atoms with Crippen LogP contribution in [0.4, 0.5) is 23.7 Å². The fourth-order valence-electron chi connectivity index (χ4n) is 1.19. The standard InChI is InChI=1S/C12H14F3NO3/c1-8(2)19-10-5-3-9(4-6-10)16-11(17)18-7-12(13,14)15/h3-6,8H,7H2,1-2H3,(H,16,17). The van der Waals surface area contributed by atoms with Crippen molar-refractivity contribution in [2.45, 2.75) is 26.1 Å². The van der Waals surface area contributed by atoms with Gasteiger partial charge in [0.2, 0.25) is 0 Å². The number of amides is 1. The van der Waals surface area contributed by atoms with Crippen LogP contribution in [0.2, 0.25) is 0 Å². The van der Waals surface area contributed by atoms with Gasteiger partial charge in [0.1, 0.15) is 5.75 Å². The second kappa shape index (κ2) is 6.31. The molecule has 0 aromatic heterocycles. The number of ether oxygens (including phenoxy) is 2. The van der Waals surface area contributed by atoms with Crippen LogP contribution in [0.3, 0.4) is 0 Å². The fraction of sp³-hybridized carbons (Fsp3) is 0.417. The molecule has 0 bridgehead atoms. The second-order valence-corrected chi connectivity index (χ2v) is 4.01.